The van der Waals surface area contributed by atoms with E-state index in [1.54, 1.807) is 6.26 Å². The molecule has 5 nitrogen and oxygen atoms in total. The number of anilines is 1. The summed E-state index contributed by atoms with van der Waals surface area (Å²) in [6.07, 6.45) is 2.87. The van der Waals surface area contributed by atoms with E-state index in [4.69, 9.17) is 9.15 Å². The van der Waals surface area contributed by atoms with Crippen molar-refractivity contribution in [1.29, 1.82) is 0 Å². The van der Waals surface area contributed by atoms with E-state index in [0.29, 0.717) is 12.1 Å². The van der Waals surface area contributed by atoms with Gasteiger partial charge in [-0.05, 0) is 19.9 Å². The summed E-state index contributed by atoms with van der Waals surface area (Å²) in [7, 11) is 0. The number of morpholine rings is 1. The van der Waals surface area contributed by atoms with Crippen molar-refractivity contribution in [2.75, 3.05) is 31.2 Å². The molecule has 1 aromatic rings. The van der Waals surface area contributed by atoms with E-state index in [9.17, 15) is 0 Å². The summed E-state index contributed by atoms with van der Waals surface area (Å²) >= 11 is 0. The molecule has 0 aliphatic carbocycles. The first-order valence-electron chi connectivity index (χ1n) is 6.30. The molecular formula is C12H21N3O2. The molecule has 1 aliphatic rings. The zero-order chi connectivity index (χ0) is 12.1. The minimum Gasteiger partial charge on any atom is -0.432 e. The van der Waals surface area contributed by atoms with Gasteiger partial charge in [-0.15, -0.1) is 0 Å². The molecule has 1 fully saturated rings. The Morgan fingerprint density at radius 2 is 2.47 bits per heavy atom. The predicted molar refractivity (Wildman–Crippen MR) is 66.1 cm³/mol. The maximum atomic E-state index is 5.52. The highest BCUT2D eigenvalue weighted by molar-refractivity contribution is 5.29. The van der Waals surface area contributed by atoms with E-state index >= 15 is 0 Å². The smallest absolute Gasteiger partial charge is 0.297 e. The molecule has 2 rings (SSSR count). The Kier molecular flexibility index (Phi) is 4.39. The van der Waals surface area contributed by atoms with Crippen LogP contribution in [0.15, 0.2) is 10.7 Å². The Hall–Kier alpha value is -1.07. The van der Waals surface area contributed by atoms with Crippen LogP contribution in [0, 0.1) is 0 Å². The normalized spacial score (nSPS) is 20.8. The lowest BCUT2D eigenvalue weighted by Crippen LogP contribution is -2.43. The molecule has 5 heteroatoms. The van der Waals surface area contributed by atoms with Crippen LogP contribution in [-0.2, 0) is 11.3 Å². The van der Waals surface area contributed by atoms with Crippen molar-refractivity contribution in [2.24, 2.45) is 0 Å². The van der Waals surface area contributed by atoms with Crippen molar-refractivity contribution in [2.45, 2.75) is 32.9 Å². The average Bonchev–Trinajstić information content (AvgIpc) is 2.79. The number of nitrogens with one attached hydrogen (secondary N) is 1. The molecule has 1 aliphatic heterocycles. The van der Waals surface area contributed by atoms with Crippen LogP contribution < -0.4 is 10.2 Å². The maximum Gasteiger partial charge on any atom is 0.297 e. The van der Waals surface area contributed by atoms with Crippen LogP contribution in [0.5, 0.6) is 0 Å². The van der Waals surface area contributed by atoms with Crippen molar-refractivity contribution in [3.63, 3.8) is 0 Å². The minimum atomic E-state index is 0.332. The number of hydrogen-bond acceptors (Lipinski definition) is 5. The molecule has 0 saturated carbocycles. The van der Waals surface area contributed by atoms with Gasteiger partial charge in [-0.25, -0.2) is 0 Å². The van der Waals surface area contributed by atoms with Crippen LogP contribution in [0.4, 0.5) is 6.01 Å². The van der Waals surface area contributed by atoms with Gasteiger partial charge in [-0.3, -0.25) is 0 Å². The standard InChI is InChI=1S/C12H21N3O2/c1-3-4-13-7-11-9-17-12(14-11)15-5-6-16-8-10(15)2/h9-10,13H,3-8H2,1-2H3. The summed E-state index contributed by atoms with van der Waals surface area (Å²) in [6.45, 7) is 8.40. The second-order valence-electron chi connectivity index (χ2n) is 4.42. The number of aromatic nitrogens is 1. The second-order valence-corrected chi connectivity index (χ2v) is 4.42. The van der Waals surface area contributed by atoms with Crippen molar-refractivity contribution in [3.05, 3.63) is 12.0 Å². The molecular weight excluding hydrogens is 218 g/mol. The summed E-state index contributed by atoms with van der Waals surface area (Å²) < 4.78 is 10.9. The van der Waals surface area contributed by atoms with Gasteiger partial charge in [0.05, 0.1) is 24.9 Å². The zero-order valence-electron chi connectivity index (χ0n) is 10.6. The van der Waals surface area contributed by atoms with E-state index in [2.05, 4.69) is 29.0 Å². The number of oxazole rings is 1. The lowest BCUT2D eigenvalue weighted by atomic mass is 10.3. The Balaban J connectivity index is 1.92. The quantitative estimate of drug-likeness (QED) is 0.787. The maximum absolute atomic E-state index is 5.52. The highest BCUT2D eigenvalue weighted by atomic mass is 16.5. The topological polar surface area (TPSA) is 50.5 Å². The van der Waals surface area contributed by atoms with Gasteiger partial charge in [0.1, 0.15) is 6.26 Å². The summed E-state index contributed by atoms with van der Waals surface area (Å²) in [5.74, 6) is 0. The Morgan fingerprint density at radius 3 is 3.24 bits per heavy atom. The van der Waals surface area contributed by atoms with Gasteiger partial charge < -0.3 is 19.4 Å². The van der Waals surface area contributed by atoms with E-state index in [1.807, 2.05) is 0 Å². The lowest BCUT2D eigenvalue weighted by molar-refractivity contribution is 0.0961. The molecule has 1 N–H and O–H groups in total. The van der Waals surface area contributed by atoms with Crippen molar-refractivity contribution in [1.82, 2.24) is 10.3 Å². The van der Waals surface area contributed by atoms with E-state index in [1.165, 1.54) is 0 Å². The zero-order valence-corrected chi connectivity index (χ0v) is 10.6. The number of hydrogen-bond donors (Lipinski definition) is 1. The molecule has 0 amide bonds. The lowest BCUT2D eigenvalue weighted by Gasteiger charge is -2.31. The van der Waals surface area contributed by atoms with Crippen molar-refractivity contribution < 1.29 is 9.15 Å². The molecule has 1 saturated heterocycles. The SMILES string of the molecule is CCCNCc1coc(N2CCOCC2C)n1. The van der Waals surface area contributed by atoms with Gasteiger partial charge in [0.25, 0.3) is 6.01 Å². The number of rotatable bonds is 5. The highest BCUT2D eigenvalue weighted by Crippen LogP contribution is 2.18. The van der Waals surface area contributed by atoms with Gasteiger partial charge in [0, 0.05) is 13.1 Å². The van der Waals surface area contributed by atoms with Crippen LogP contribution in [0.2, 0.25) is 0 Å². The molecule has 0 bridgehead atoms. The van der Waals surface area contributed by atoms with Crippen LogP contribution in [0.25, 0.3) is 0 Å². The van der Waals surface area contributed by atoms with Crippen LogP contribution >= 0.6 is 0 Å². The predicted octanol–water partition coefficient (Wildman–Crippen LogP) is 1.40. The summed E-state index contributed by atoms with van der Waals surface area (Å²) in [6, 6.07) is 1.05. The first-order valence-corrected chi connectivity index (χ1v) is 6.30. The summed E-state index contributed by atoms with van der Waals surface area (Å²) in [5, 5.41) is 3.31. The van der Waals surface area contributed by atoms with Gasteiger partial charge in [-0.2, -0.15) is 4.98 Å². The first-order chi connectivity index (χ1) is 8.31. The molecule has 1 atom stereocenters. The fraction of sp³-hybridized carbons (Fsp3) is 0.750. The number of ether oxygens (including phenoxy) is 1. The van der Waals surface area contributed by atoms with Crippen molar-refractivity contribution in [3.8, 4) is 0 Å². The third-order valence-electron chi connectivity index (χ3n) is 2.89. The molecule has 0 radical (unpaired) electrons. The molecule has 1 aromatic heterocycles. The Morgan fingerprint density at radius 1 is 1.59 bits per heavy atom. The minimum absolute atomic E-state index is 0.332. The van der Waals surface area contributed by atoms with E-state index in [0.717, 1.165) is 45.0 Å². The molecule has 1 unspecified atom stereocenters. The Bertz CT molecular complexity index is 340. The fourth-order valence-electron chi connectivity index (χ4n) is 1.91. The van der Waals surface area contributed by atoms with Gasteiger partial charge in [0.15, 0.2) is 0 Å². The monoisotopic (exact) mass is 239 g/mol. The molecule has 0 aromatic carbocycles. The Labute approximate surface area is 102 Å². The molecule has 2 heterocycles. The largest absolute Gasteiger partial charge is 0.432 e. The third kappa shape index (κ3) is 3.20. The molecule has 0 spiro atoms. The second kappa shape index (κ2) is 6.02. The highest BCUT2D eigenvalue weighted by Gasteiger charge is 2.22. The summed E-state index contributed by atoms with van der Waals surface area (Å²) in [5.41, 5.74) is 0.965. The van der Waals surface area contributed by atoms with Gasteiger partial charge >= 0.3 is 0 Å². The van der Waals surface area contributed by atoms with Crippen LogP contribution in [0.3, 0.4) is 0 Å². The fourth-order valence-corrected chi connectivity index (χ4v) is 1.91. The average molecular weight is 239 g/mol. The first kappa shape index (κ1) is 12.4. The third-order valence-corrected chi connectivity index (χ3v) is 2.89. The summed E-state index contributed by atoms with van der Waals surface area (Å²) in [4.78, 5) is 6.66. The van der Waals surface area contributed by atoms with Gasteiger partial charge in [-0.1, -0.05) is 6.92 Å². The van der Waals surface area contributed by atoms with Crippen LogP contribution in [-0.4, -0.2) is 37.3 Å². The van der Waals surface area contributed by atoms with E-state index in [-0.39, 0.29) is 0 Å². The van der Waals surface area contributed by atoms with Crippen LogP contribution in [0.1, 0.15) is 26.0 Å². The van der Waals surface area contributed by atoms with Crippen molar-refractivity contribution >= 4 is 6.01 Å². The number of nitrogens with zero attached hydrogens (tertiary/aromatic N) is 2. The van der Waals surface area contributed by atoms with Gasteiger partial charge in [0.2, 0.25) is 0 Å². The molecule has 17 heavy (non-hydrogen) atoms. The van der Waals surface area contributed by atoms with E-state index < -0.39 is 0 Å². The molecule has 96 valence electrons.